The molecule has 16 heavy (non-hydrogen) atoms. The summed E-state index contributed by atoms with van der Waals surface area (Å²) >= 11 is 0. The summed E-state index contributed by atoms with van der Waals surface area (Å²) in [6.07, 6.45) is 1.58. The highest BCUT2D eigenvalue weighted by Gasteiger charge is 2.12. The van der Waals surface area contributed by atoms with Crippen molar-refractivity contribution in [3.8, 4) is 0 Å². The number of hydrogen-bond donors (Lipinski definition) is 2. The van der Waals surface area contributed by atoms with Gasteiger partial charge in [-0.25, -0.2) is 4.68 Å². The van der Waals surface area contributed by atoms with E-state index >= 15 is 0 Å². The summed E-state index contributed by atoms with van der Waals surface area (Å²) in [5.41, 5.74) is 10.9. The number of amides is 2. The van der Waals surface area contributed by atoms with Crippen molar-refractivity contribution in [2.45, 2.75) is 13.1 Å². The molecule has 1 aromatic rings. The largest absolute Gasteiger partial charge is 0.368 e. The highest BCUT2D eigenvalue weighted by molar-refractivity contribution is 5.83. The summed E-state index contributed by atoms with van der Waals surface area (Å²) in [4.78, 5) is 23.4. The van der Waals surface area contributed by atoms with Gasteiger partial charge in [0.1, 0.15) is 6.54 Å². The molecule has 0 atom stereocenters. The number of nitrogens with two attached hydrogens (primary N) is 2. The monoisotopic (exact) mass is 226 g/mol. The zero-order valence-corrected chi connectivity index (χ0v) is 8.96. The topological polar surface area (TPSA) is 120 Å². The molecule has 0 radical (unpaired) electrons. The predicted molar refractivity (Wildman–Crippen MR) is 54.7 cm³/mol. The normalized spacial score (nSPS) is 10.1. The first-order valence-corrected chi connectivity index (χ1v) is 4.64. The number of nitrogens with zero attached hydrogens (tertiary/aromatic N) is 4. The Morgan fingerprint density at radius 3 is 2.75 bits per heavy atom. The zero-order valence-electron chi connectivity index (χ0n) is 8.96. The first kappa shape index (κ1) is 12.1. The van der Waals surface area contributed by atoms with Gasteiger partial charge in [0, 0.05) is 13.6 Å². The van der Waals surface area contributed by atoms with E-state index in [4.69, 9.17) is 11.5 Å². The summed E-state index contributed by atoms with van der Waals surface area (Å²) in [7, 11) is 1.49. The Morgan fingerprint density at radius 2 is 2.25 bits per heavy atom. The molecule has 1 rings (SSSR count). The van der Waals surface area contributed by atoms with E-state index in [0.29, 0.717) is 5.69 Å². The van der Waals surface area contributed by atoms with Crippen molar-refractivity contribution in [3.63, 3.8) is 0 Å². The third kappa shape index (κ3) is 3.31. The fourth-order valence-corrected chi connectivity index (χ4v) is 1.09. The summed E-state index contributed by atoms with van der Waals surface area (Å²) in [6.45, 7) is 0.166. The van der Waals surface area contributed by atoms with Gasteiger partial charge in [-0.05, 0) is 0 Å². The van der Waals surface area contributed by atoms with Crippen molar-refractivity contribution in [2.75, 3.05) is 13.6 Å². The van der Waals surface area contributed by atoms with E-state index in [1.807, 2.05) is 0 Å². The molecule has 0 spiro atoms. The molecule has 1 aromatic heterocycles. The van der Waals surface area contributed by atoms with Crippen LogP contribution in [0, 0.1) is 0 Å². The number of likely N-dealkylation sites (N-methyl/N-ethyl adjacent to an activating group) is 1. The predicted octanol–water partition coefficient (Wildman–Crippen LogP) is -2.32. The van der Waals surface area contributed by atoms with Gasteiger partial charge in [0.05, 0.1) is 18.4 Å². The van der Waals surface area contributed by atoms with Gasteiger partial charge < -0.3 is 16.4 Å². The van der Waals surface area contributed by atoms with Crippen LogP contribution >= 0.6 is 0 Å². The van der Waals surface area contributed by atoms with Crippen LogP contribution in [0.2, 0.25) is 0 Å². The van der Waals surface area contributed by atoms with Crippen molar-refractivity contribution in [2.24, 2.45) is 11.5 Å². The Labute approximate surface area is 92.2 Å². The van der Waals surface area contributed by atoms with E-state index in [9.17, 15) is 9.59 Å². The molecule has 0 saturated heterocycles. The molecular weight excluding hydrogens is 212 g/mol. The molecule has 2 amide bonds. The van der Waals surface area contributed by atoms with Gasteiger partial charge in [0.15, 0.2) is 0 Å². The van der Waals surface area contributed by atoms with Gasteiger partial charge in [-0.1, -0.05) is 5.21 Å². The minimum absolute atomic E-state index is 0.0107. The van der Waals surface area contributed by atoms with Crippen LogP contribution in [0.5, 0.6) is 0 Å². The lowest BCUT2D eigenvalue weighted by atomic mass is 10.4. The maximum atomic E-state index is 11.5. The first-order chi connectivity index (χ1) is 7.52. The van der Waals surface area contributed by atoms with Gasteiger partial charge >= 0.3 is 0 Å². The smallest absolute Gasteiger partial charge is 0.244 e. The molecule has 0 unspecified atom stereocenters. The third-order valence-electron chi connectivity index (χ3n) is 1.91. The Morgan fingerprint density at radius 1 is 1.56 bits per heavy atom. The van der Waals surface area contributed by atoms with Crippen LogP contribution in [0.15, 0.2) is 6.20 Å². The van der Waals surface area contributed by atoms with Crippen molar-refractivity contribution >= 4 is 11.8 Å². The van der Waals surface area contributed by atoms with Crippen LogP contribution in [0.25, 0.3) is 0 Å². The number of hydrogen-bond acceptors (Lipinski definition) is 5. The molecule has 0 aliphatic heterocycles. The van der Waals surface area contributed by atoms with Crippen LogP contribution < -0.4 is 11.5 Å². The third-order valence-corrected chi connectivity index (χ3v) is 1.91. The second-order valence-corrected chi connectivity index (χ2v) is 3.33. The summed E-state index contributed by atoms with van der Waals surface area (Å²) in [5, 5.41) is 7.45. The fraction of sp³-hybridized carbons (Fsp3) is 0.500. The van der Waals surface area contributed by atoms with Gasteiger partial charge in [0.2, 0.25) is 11.8 Å². The molecular formula is C8H14N6O2. The Hall–Kier alpha value is -1.96. The average molecular weight is 226 g/mol. The van der Waals surface area contributed by atoms with E-state index in [1.165, 1.54) is 16.6 Å². The van der Waals surface area contributed by atoms with Crippen molar-refractivity contribution < 1.29 is 9.59 Å². The second kappa shape index (κ2) is 5.21. The van der Waals surface area contributed by atoms with Crippen LogP contribution in [-0.4, -0.2) is 45.3 Å². The van der Waals surface area contributed by atoms with Crippen LogP contribution in [0.1, 0.15) is 5.69 Å². The number of rotatable bonds is 5. The summed E-state index contributed by atoms with van der Waals surface area (Å²) < 4.78 is 1.36. The molecule has 1 heterocycles. The van der Waals surface area contributed by atoms with Crippen LogP contribution in [0.3, 0.4) is 0 Å². The number of carbonyl (C=O) groups excluding carboxylic acids is 2. The lowest BCUT2D eigenvalue weighted by molar-refractivity contribution is -0.134. The fourth-order valence-electron chi connectivity index (χ4n) is 1.09. The summed E-state index contributed by atoms with van der Waals surface area (Å²) in [6, 6.07) is 0. The highest BCUT2D eigenvalue weighted by Crippen LogP contribution is 1.93. The molecule has 8 heteroatoms. The lowest BCUT2D eigenvalue weighted by Crippen LogP contribution is -2.37. The van der Waals surface area contributed by atoms with E-state index in [1.54, 1.807) is 6.20 Å². The molecule has 8 nitrogen and oxygen atoms in total. The van der Waals surface area contributed by atoms with Gasteiger partial charge in [-0.3, -0.25) is 9.59 Å². The Balaban J connectivity index is 2.53. The number of aromatic nitrogens is 3. The molecule has 0 aliphatic carbocycles. The maximum Gasteiger partial charge on any atom is 0.244 e. The van der Waals surface area contributed by atoms with Crippen molar-refractivity contribution in [1.82, 2.24) is 19.9 Å². The molecule has 0 fully saturated rings. The maximum absolute atomic E-state index is 11.5. The Bertz CT molecular complexity index is 388. The molecule has 0 saturated carbocycles. The molecule has 0 bridgehead atoms. The standard InChI is InChI=1S/C8H14N6O2/c1-13(4-7(10)15)8(16)5-14-3-6(2-9)11-12-14/h3H,2,4-5,9H2,1H3,(H2,10,15). The number of carbonyl (C=O) groups is 2. The van der Waals surface area contributed by atoms with Crippen molar-refractivity contribution in [3.05, 3.63) is 11.9 Å². The van der Waals surface area contributed by atoms with E-state index < -0.39 is 5.91 Å². The quantitative estimate of drug-likeness (QED) is 0.584. The minimum Gasteiger partial charge on any atom is -0.368 e. The van der Waals surface area contributed by atoms with Gasteiger partial charge in [0.25, 0.3) is 0 Å². The SMILES string of the molecule is CN(CC(N)=O)C(=O)Cn1cc(CN)nn1. The van der Waals surface area contributed by atoms with E-state index in [-0.39, 0.29) is 25.5 Å². The number of primary amides is 1. The average Bonchev–Trinajstić information content (AvgIpc) is 2.64. The van der Waals surface area contributed by atoms with Crippen molar-refractivity contribution in [1.29, 1.82) is 0 Å². The molecule has 0 aromatic carbocycles. The first-order valence-electron chi connectivity index (χ1n) is 4.64. The highest BCUT2D eigenvalue weighted by atomic mass is 16.2. The van der Waals surface area contributed by atoms with E-state index in [0.717, 1.165) is 0 Å². The zero-order chi connectivity index (χ0) is 12.1. The van der Waals surface area contributed by atoms with E-state index in [2.05, 4.69) is 10.3 Å². The van der Waals surface area contributed by atoms with Gasteiger partial charge in [-0.15, -0.1) is 5.10 Å². The molecule has 0 aliphatic rings. The molecule has 4 N–H and O–H groups in total. The summed E-state index contributed by atoms with van der Waals surface area (Å²) in [5.74, 6) is -0.829. The Kier molecular flexibility index (Phi) is 3.95. The second-order valence-electron chi connectivity index (χ2n) is 3.33. The molecule has 88 valence electrons. The lowest BCUT2D eigenvalue weighted by Gasteiger charge is -2.14. The van der Waals surface area contributed by atoms with Crippen LogP contribution in [0.4, 0.5) is 0 Å². The van der Waals surface area contributed by atoms with Crippen LogP contribution in [-0.2, 0) is 22.7 Å². The minimum atomic E-state index is -0.558. The van der Waals surface area contributed by atoms with Gasteiger partial charge in [-0.2, -0.15) is 0 Å².